The minimum Gasteiger partial charge on any atom is -0.479 e. The molecule has 0 amide bonds. The summed E-state index contributed by atoms with van der Waals surface area (Å²) in [6, 6.07) is 0. The number of hydrogen-bond acceptors (Lipinski definition) is 11. The minimum absolute atomic E-state index is 0.698. The number of carboxylic acid groups (broad SMARTS) is 1. The van der Waals surface area contributed by atoms with Crippen LogP contribution in [0.2, 0.25) is 0 Å². The Morgan fingerprint density at radius 2 is 1.50 bits per heavy atom. The fourth-order valence-electron chi connectivity index (χ4n) is 2.54. The lowest BCUT2D eigenvalue weighted by Crippen LogP contribution is -2.64. The molecule has 2 fully saturated rings. The fourth-order valence-corrected chi connectivity index (χ4v) is 2.54. The minimum atomic E-state index is -1.93. The van der Waals surface area contributed by atoms with Gasteiger partial charge in [-0.05, 0) is 0 Å². The number of aliphatic hydroxyl groups excluding tert-OH is 7. The molecule has 10 atom stereocenters. The molecule has 2 aliphatic rings. The van der Waals surface area contributed by atoms with Crippen LogP contribution >= 0.6 is 0 Å². The van der Waals surface area contributed by atoms with E-state index in [1.807, 2.05) is 0 Å². The first kappa shape index (κ1) is 19.4. The Hall–Kier alpha value is -0.930. The second-order valence-electron chi connectivity index (χ2n) is 5.56. The zero-order chi connectivity index (χ0) is 18.2. The predicted octanol–water partition coefficient (Wildman–Crippen LogP) is -5.30. The highest BCUT2D eigenvalue weighted by Gasteiger charge is 2.51. The summed E-state index contributed by atoms with van der Waals surface area (Å²) in [7, 11) is 0. The number of aliphatic hydroxyl groups is 7. The summed E-state index contributed by atoms with van der Waals surface area (Å²) < 4.78 is 14.7. The normalized spacial score (nSPS) is 49.8. The molecule has 0 bridgehead atoms. The first-order valence-electron chi connectivity index (χ1n) is 7.07. The summed E-state index contributed by atoms with van der Waals surface area (Å²) in [6.45, 7) is -0.698. The average molecular weight is 356 g/mol. The van der Waals surface area contributed by atoms with E-state index in [2.05, 4.69) is 0 Å². The van der Waals surface area contributed by atoms with Crippen molar-refractivity contribution >= 4 is 5.97 Å². The molecular formula is C12H20O12. The molecule has 10 unspecified atom stereocenters. The highest BCUT2D eigenvalue weighted by molar-refractivity contribution is 5.73. The van der Waals surface area contributed by atoms with Gasteiger partial charge < -0.3 is 55.1 Å². The van der Waals surface area contributed by atoms with Crippen LogP contribution in [0.4, 0.5) is 0 Å². The van der Waals surface area contributed by atoms with Crippen LogP contribution in [0.25, 0.3) is 0 Å². The Morgan fingerprint density at radius 3 is 2.04 bits per heavy atom. The van der Waals surface area contributed by atoms with E-state index >= 15 is 0 Å². The van der Waals surface area contributed by atoms with Crippen LogP contribution in [0.15, 0.2) is 0 Å². The van der Waals surface area contributed by atoms with Gasteiger partial charge in [0.05, 0.1) is 6.61 Å². The van der Waals surface area contributed by atoms with Crippen molar-refractivity contribution in [1.29, 1.82) is 0 Å². The Morgan fingerprint density at radius 1 is 0.875 bits per heavy atom. The molecule has 12 nitrogen and oxygen atoms in total. The van der Waals surface area contributed by atoms with Crippen LogP contribution in [0.3, 0.4) is 0 Å². The summed E-state index contributed by atoms with van der Waals surface area (Å²) in [5, 5.41) is 76.4. The standard InChI is InChI=1S/C12H20O12/c13-1-2-3(14)5(16)9(11(21)22-2)24-12-7(18)4(15)6(17)8(23-12)10(19)20/h2-9,11-18,21H,1H2,(H,19,20). The molecule has 140 valence electrons. The van der Waals surface area contributed by atoms with Crippen LogP contribution in [0, 0.1) is 0 Å². The number of aliphatic carboxylic acids is 1. The Kier molecular flexibility index (Phi) is 6.09. The maximum Gasteiger partial charge on any atom is 0.335 e. The van der Waals surface area contributed by atoms with Gasteiger partial charge in [0, 0.05) is 0 Å². The summed E-state index contributed by atoms with van der Waals surface area (Å²) in [4.78, 5) is 11.0. The molecule has 12 heteroatoms. The monoisotopic (exact) mass is 356 g/mol. The third kappa shape index (κ3) is 3.52. The van der Waals surface area contributed by atoms with E-state index in [1.54, 1.807) is 0 Å². The van der Waals surface area contributed by atoms with Crippen LogP contribution in [-0.4, -0.2) is 115 Å². The van der Waals surface area contributed by atoms with Crippen molar-refractivity contribution in [2.24, 2.45) is 0 Å². The Bertz CT molecular complexity index is 446. The molecular weight excluding hydrogens is 336 g/mol. The summed E-state index contributed by atoms with van der Waals surface area (Å²) in [5.74, 6) is -1.64. The number of ether oxygens (including phenoxy) is 3. The van der Waals surface area contributed by atoms with Crippen LogP contribution < -0.4 is 0 Å². The SMILES string of the molecule is O=C(O)C1OC(OC2C(O)OC(CO)C(O)C2O)C(O)C(O)C1O. The van der Waals surface area contributed by atoms with Gasteiger partial charge >= 0.3 is 5.97 Å². The van der Waals surface area contributed by atoms with Gasteiger partial charge in [0.1, 0.15) is 42.7 Å². The zero-order valence-corrected chi connectivity index (χ0v) is 12.2. The topological polar surface area (TPSA) is 207 Å². The molecule has 0 aromatic heterocycles. The largest absolute Gasteiger partial charge is 0.479 e. The lowest BCUT2D eigenvalue weighted by Gasteiger charge is -2.44. The van der Waals surface area contributed by atoms with Crippen LogP contribution in [0.5, 0.6) is 0 Å². The van der Waals surface area contributed by atoms with Crippen molar-refractivity contribution in [1.82, 2.24) is 0 Å². The van der Waals surface area contributed by atoms with Crippen molar-refractivity contribution in [2.75, 3.05) is 6.61 Å². The lowest BCUT2D eigenvalue weighted by atomic mass is 9.97. The van der Waals surface area contributed by atoms with Crippen molar-refractivity contribution in [3.8, 4) is 0 Å². The number of rotatable bonds is 4. The van der Waals surface area contributed by atoms with E-state index in [1.165, 1.54) is 0 Å². The van der Waals surface area contributed by atoms with Crippen LogP contribution in [-0.2, 0) is 19.0 Å². The zero-order valence-electron chi connectivity index (χ0n) is 12.2. The van der Waals surface area contributed by atoms with E-state index in [0.29, 0.717) is 0 Å². The smallest absolute Gasteiger partial charge is 0.335 e. The molecule has 2 heterocycles. The van der Waals surface area contributed by atoms with Gasteiger partial charge in [-0.25, -0.2) is 4.79 Å². The maximum atomic E-state index is 11.0. The van der Waals surface area contributed by atoms with Crippen LogP contribution in [0.1, 0.15) is 0 Å². The third-order valence-corrected chi connectivity index (χ3v) is 3.95. The van der Waals surface area contributed by atoms with E-state index in [0.717, 1.165) is 0 Å². The van der Waals surface area contributed by atoms with E-state index in [-0.39, 0.29) is 0 Å². The summed E-state index contributed by atoms with van der Waals surface area (Å²) in [6.07, 6.45) is -17.8. The molecule has 0 aliphatic carbocycles. The second kappa shape index (κ2) is 7.53. The Balaban J connectivity index is 2.12. The van der Waals surface area contributed by atoms with Gasteiger partial charge in [-0.2, -0.15) is 0 Å². The average Bonchev–Trinajstić information content (AvgIpc) is 2.54. The van der Waals surface area contributed by atoms with E-state index in [9.17, 15) is 35.4 Å². The highest BCUT2D eigenvalue weighted by atomic mass is 16.7. The van der Waals surface area contributed by atoms with Crippen molar-refractivity contribution in [3.63, 3.8) is 0 Å². The number of carbonyl (C=O) groups is 1. The van der Waals surface area contributed by atoms with Crippen molar-refractivity contribution < 1.29 is 59.9 Å². The fraction of sp³-hybridized carbons (Fsp3) is 0.917. The molecule has 0 aromatic rings. The van der Waals surface area contributed by atoms with Gasteiger partial charge in [0.2, 0.25) is 0 Å². The number of carboxylic acids is 1. The number of hydrogen-bond donors (Lipinski definition) is 8. The second-order valence-corrected chi connectivity index (χ2v) is 5.56. The molecule has 0 saturated carbocycles. The highest BCUT2D eigenvalue weighted by Crippen LogP contribution is 2.28. The van der Waals surface area contributed by atoms with Crippen molar-refractivity contribution in [2.45, 2.75) is 61.4 Å². The summed E-state index contributed by atoms with van der Waals surface area (Å²) in [5.41, 5.74) is 0. The van der Waals surface area contributed by atoms with Gasteiger partial charge in [-0.15, -0.1) is 0 Å². The van der Waals surface area contributed by atoms with Gasteiger partial charge in [0.15, 0.2) is 18.7 Å². The molecule has 8 N–H and O–H groups in total. The maximum absolute atomic E-state index is 11.0. The predicted molar refractivity (Wildman–Crippen MR) is 69.2 cm³/mol. The third-order valence-electron chi connectivity index (χ3n) is 3.95. The molecule has 0 spiro atoms. The molecule has 24 heavy (non-hydrogen) atoms. The molecule has 0 radical (unpaired) electrons. The molecule has 0 aromatic carbocycles. The van der Waals surface area contributed by atoms with E-state index in [4.69, 9.17) is 24.4 Å². The van der Waals surface area contributed by atoms with Gasteiger partial charge in [-0.3, -0.25) is 0 Å². The van der Waals surface area contributed by atoms with Crippen molar-refractivity contribution in [3.05, 3.63) is 0 Å². The van der Waals surface area contributed by atoms with Gasteiger partial charge in [0.25, 0.3) is 0 Å². The molecule has 2 rings (SSSR count). The first-order valence-corrected chi connectivity index (χ1v) is 7.07. The van der Waals surface area contributed by atoms with E-state index < -0.39 is 74.0 Å². The first-order chi connectivity index (χ1) is 11.2. The molecule has 2 aliphatic heterocycles. The lowest BCUT2D eigenvalue weighted by molar-refractivity contribution is -0.357. The molecule has 2 saturated heterocycles. The Labute approximate surface area is 135 Å². The van der Waals surface area contributed by atoms with Gasteiger partial charge in [-0.1, -0.05) is 0 Å². The quantitative estimate of drug-likeness (QED) is 0.238. The summed E-state index contributed by atoms with van der Waals surface area (Å²) >= 11 is 0.